The summed E-state index contributed by atoms with van der Waals surface area (Å²) in [5, 5.41) is 31.0. The standard InChI is InChI=1S/C68H50N8/c69-65-41-25-55(47-11-3-1-4-12-47)45-67(65)73-71-57-27-37-61(38-28-57)75(63-35-23-49-15-7-9-17-53(49)43-63)59-31-19-51(20-32-59)52-21-33-60(34-22-52)76(64-36-24-50-16-8-10-18-54(50)44-64)62-39-29-58(30-40-62)72-74-68-46-56(26-42-66(68)70)48-13-5-2-6-14-48/h1-46,69-72H/b69-65?,70-66?,73-67-,74-68-. The summed E-state index contributed by atoms with van der Waals surface area (Å²) in [6.45, 7) is 0. The topological polar surface area (TPSA) is 103 Å². The zero-order chi connectivity index (χ0) is 51.2. The summed E-state index contributed by atoms with van der Waals surface area (Å²) in [5.74, 6) is 0. The van der Waals surface area contributed by atoms with Crippen LogP contribution < -0.4 is 20.7 Å². The Morgan fingerprint density at radius 2 is 0.618 bits per heavy atom. The molecule has 0 aromatic heterocycles. The van der Waals surface area contributed by atoms with Crippen LogP contribution in [0.2, 0.25) is 0 Å². The van der Waals surface area contributed by atoms with E-state index in [0.29, 0.717) is 22.8 Å². The van der Waals surface area contributed by atoms with Crippen LogP contribution >= 0.6 is 0 Å². The van der Waals surface area contributed by atoms with Gasteiger partial charge in [-0.15, -0.1) is 0 Å². The zero-order valence-corrected chi connectivity index (χ0v) is 41.3. The lowest BCUT2D eigenvalue weighted by Gasteiger charge is -2.27. The molecule has 10 aromatic carbocycles. The lowest BCUT2D eigenvalue weighted by Crippen LogP contribution is -2.13. The van der Waals surface area contributed by atoms with Gasteiger partial charge in [-0.2, -0.15) is 10.2 Å². The van der Waals surface area contributed by atoms with Crippen LogP contribution in [0.1, 0.15) is 11.1 Å². The molecule has 0 atom stereocenters. The minimum absolute atomic E-state index is 0.351. The van der Waals surface area contributed by atoms with Crippen molar-refractivity contribution < 1.29 is 0 Å². The van der Waals surface area contributed by atoms with Gasteiger partial charge < -0.3 is 9.80 Å². The number of nitrogens with one attached hydrogen (secondary N) is 4. The average molecular weight is 979 g/mol. The maximum Gasteiger partial charge on any atom is 0.109 e. The van der Waals surface area contributed by atoms with Crippen LogP contribution in [0.25, 0.3) is 43.8 Å². The predicted octanol–water partition coefficient (Wildman–Crippen LogP) is 17.5. The number of rotatable bonds is 13. The van der Waals surface area contributed by atoms with E-state index in [9.17, 15) is 0 Å². The van der Waals surface area contributed by atoms with Crippen molar-refractivity contribution in [3.63, 3.8) is 0 Å². The maximum atomic E-state index is 8.53. The molecule has 4 N–H and O–H groups in total. The van der Waals surface area contributed by atoms with Crippen molar-refractivity contribution in [3.8, 4) is 11.1 Å². The second-order valence-electron chi connectivity index (χ2n) is 18.6. The molecule has 76 heavy (non-hydrogen) atoms. The van der Waals surface area contributed by atoms with Crippen LogP contribution in [0.3, 0.4) is 0 Å². The van der Waals surface area contributed by atoms with Crippen molar-refractivity contribution in [2.75, 3.05) is 20.7 Å². The first-order valence-electron chi connectivity index (χ1n) is 25.2. The third-order valence-corrected chi connectivity index (χ3v) is 13.6. The van der Waals surface area contributed by atoms with E-state index in [4.69, 9.17) is 10.8 Å². The number of hydrazone groups is 2. The Morgan fingerprint density at radius 1 is 0.289 bits per heavy atom. The van der Waals surface area contributed by atoms with Crippen LogP contribution in [0.5, 0.6) is 0 Å². The molecular weight excluding hydrogens is 929 g/mol. The molecule has 0 spiro atoms. The molecule has 362 valence electrons. The molecule has 8 nitrogen and oxygen atoms in total. The van der Waals surface area contributed by atoms with Crippen molar-refractivity contribution in [2.45, 2.75) is 0 Å². The van der Waals surface area contributed by atoms with E-state index in [2.05, 4.69) is 213 Å². The van der Waals surface area contributed by atoms with Crippen LogP contribution in [-0.2, 0) is 0 Å². The molecule has 0 saturated carbocycles. The van der Waals surface area contributed by atoms with Gasteiger partial charge in [0.1, 0.15) is 11.4 Å². The first kappa shape index (κ1) is 46.6. The largest absolute Gasteiger partial charge is 0.310 e. The van der Waals surface area contributed by atoms with Gasteiger partial charge in [-0.25, -0.2) is 0 Å². The van der Waals surface area contributed by atoms with E-state index in [-0.39, 0.29) is 0 Å². The second kappa shape index (κ2) is 21.0. The van der Waals surface area contributed by atoms with E-state index < -0.39 is 0 Å². The highest BCUT2D eigenvalue weighted by Gasteiger charge is 2.18. The van der Waals surface area contributed by atoms with Crippen molar-refractivity contribution in [1.29, 1.82) is 10.8 Å². The summed E-state index contributed by atoms with van der Waals surface area (Å²) in [7, 11) is 0. The molecule has 0 saturated heterocycles. The Balaban J connectivity index is 0.812. The minimum Gasteiger partial charge on any atom is -0.310 e. The van der Waals surface area contributed by atoms with Gasteiger partial charge in [-0.3, -0.25) is 21.7 Å². The van der Waals surface area contributed by atoms with Crippen molar-refractivity contribution in [2.24, 2.45) is 10.2 Å². The third-order valence-electron chi connectivity index (χ3n) is 13.6. The molecule has 12 rings (SSSR count). The molecule has 2 aliphatic carbocycles. The van der Waals surface area contributed by atoms with Gasteiger partial charge >= 0.3 is 0 Å². The third kappa shape index (κ3) is 10.0. The Kier molecular flexibility index (Phi) is 12.9. The maximum absolute atomic E-state index is 8.53. The van der Waals surface area contributed by atoms with Crippen LogP contribution in [-0.4, -0.2) is 22.8 Å². The highest BCUT2D eigenvalue weighted by Crippen LogP contribution is 2.40. The summed E-state index contributed by atoms with van der Waals surface area (Å²) >= 11 is 0. The van der Waals surface area contributed by atoms with E-state index in [0.717, 1.165) is 89.7 Å². The number of anilines is 8. The highest BCUT2D eigenvalue weighted by molar-refractivity contribution is 6.52. The van der Waals surface area contributed by atoms with Gasteiger partial charge in [0, 0.05) is 34.1 Å². The molecule has 0 amide bonds. The summed E-state index contributed by atoms with van der Waals surface area (Å²) in [5.41, 5.74) is 22.4. The van der Waals surface area contributed by atoms with Gasteiger partial charge in [-0.1, -0.05) is 158 Å². The summed E-state index contributed by atoms with van der Waals surface area (Å²) in [6, 6.07) is 84.3. The monoisotopic (exact) mass is 978 g/mol. The molecule has 0 aliphatic heterocycles. The van der Waals surface area contributed by atoms with E-state index in [1.807, 2.05) is 85.0 Å². The normalized spacial score (nSPS) is 14.2. The van der Waals surface area contributed by atoms with Crippen molar-refractivity contribution in [3.05, 3.63) is 290 Å². The molecule has 0 fully saturated rings. The number of hydrogen-bond acceptors (Lipinski definition) is 8. The number of benzene rings is 10. The van der Waals surface area contributed by atoms with E-state index >= 15 is 0 Å². The van der Waals surface area contributed by atoms with Gasteiger partial charge in [0.2, 0.25) is 0 Å². The minimum atomic E-state index is 0.351. The van der Waals surface area contributed by atoms with Crippen molar-refractivity contribution >= 4 is 101 Å². The Hall–Kier alpha value is -10.4. The van der Waals surface area contributed by atoms with Gasteiger partial charge in [0.05, 0.1) is 22.8 Å². The molecule has 0 bridgehead atoms. The first-order valence-corrected chi connectivity index (χ1v) is 25.2. The number of nitrogens with zero attached hydrogens (tertiary/aromatic N) is 4. The molecule has 10 aromatic rings. The Bertz CT molecular complexity index is 3720. The Labute approximate surface area is 442 Å². The van der Waals surface area contributed by atoms with Crippen LogP contribution in [0.15, 0.2) is 289 Å². The molecule has 8 heteroatoms. The van der Waals surface area contributed by atoms with Gasteiger partial charge in [-0.05, 0) is 176 Å². The fourth-order valence-corrected chi connectivity index (χ4v) is 9.62. The van der Waals surface area contributed by atoms with Crippen LogP contribution in [0, 0.1) is 10.8 Å². The van der Waals surface area contributed by atoms with E-state index in [1.54, 1.807) is 12.2 Å². The molecule has 2 aliphatic rings. The quantitative estimate of drug-likeness (QED) is 0.0683. The molecular formula is C68H50N8. The number of allylic oxidation sites excluding steroid dienone is 8. The van der Waals surface area contributed by atoms with Crippen LogP contribution in [0.4, 0.5) is 45.5 Å². The fourth-order valence-electron chi connectivity index (χ4n) is 9.62. The lowest BCUT2D eigenvalue weighted by atomic mass is 9.98. The highest BCUT2D eigenvalue weighted by atomic mass is 15.3. The fraction of sp³-hybridized carbons (Fsp3) is 0. The number of hydrogen-bond donors (Lipinski definition) is 4. The van der Waals surface area contributed by atoms with Gasteiger partial charge in [0.15, 0.2) is 0 Å². The average Bonchev–Trinajstić information content (AvgIpc) is 3.50. The van der Waals surface area contributed by atoms with Crippen molar-refractivity contribution in [1.82, 2.24) is 0 Å². The smallest absolute Gasteiger partial charge is 0.109 e. The lowest BCUT2D eigenvalue weighted by molar-refractivity contribution is 1.28. The Morgan fingerprint density at radius 3 is 1.00 bits per heavy atom. The second-order valence-corrected chi connectivity index (χ2v) is 18.6. The summed E-state index contributed by atoms with van der Waals surface area (Å²) in [6.07, 6.45) is 11.4. The summed E-state index contributed by atoms with van der Waals surface area (Å²) in [4.78, 5) is 4.55. The molecule has 0 heterocycles. The molecule has 0 unspecified atom stereocenters. The summed E-state index contributed by atoms with van der Waals surface area (Å²) < 4.78 is 0. The molecule has 0 radical (unpaired) electrons. The predicted molar refractivity (Wildman–Crippen MR) is 321 cm³/mol. The zero-order valence-electron chi connectivity index (χ0n) is 41.3. The number of fused-ring (bicyclic) bond motifs is 2. The van der Waals surface area contributed by atoms with E-state index in [1.165, 1.54) is 10.8 Å². The van der Waals surface area contributed by atoms with Gasteiger partial charge in [0.25, 0.3) is 0 Å². The first-order chi connectivity index (χ1) is 37.5. The SMILES string of the molecule is N=C1C=CC(c2ccccc2)=C/C1=N/Nc1ccc(N(c2ccc(-c3ccc(N(c4ccc(N/N=C5/C=C(c6ccccc6)C=CC5=N)cc4)c4ccc5ccccc5c4)cc3)cc2)c2ccc3ccccc3c2)cc1.